The van der Waals surface area contributed by atoms with Crippen LogP contribution in [0.2, 0.25) is 0 Å². The van der Waals surface area contributed by atoms with Gasteiger partial charge in [0.05, 0.1) is 11.0 Å². The molecule has 1 aromatic heterocycles. The van der Waals surface area contributed by atoms with E-state index in [1.807, 2.05) is 0 Å². The molecule has 0 saturated heterocycles. The summed E-state index contributed by atoms with van der Waals surface area (Å²) in [6, 6.07) is 3.04. The van der Waals surface area contributed by atoms with Crippen molar-refractivity contribution in [2.75, 3.05) is 0 Å². The van der Waals surface area contributed by atoms with Crippen LogP contribution in [0.25, 0.3) is 0 Å². The fraction of sp³-hybridized carbons (Fsp3) is 0. The van der Waals surface area contributed by atoms with Gasteiger partial charge in [0, 0.05) is 16.7 Å². The van der Waals surface area contributed by atoms with Crippen LogP contribution in [0.15, 0.2) is 17.0 Å². The lowest BCUT2D eigenvalue weighted by molar-refractivity contribution is -0.389. The molecular weight excluding hydrogens is 246 g/mol. The molecule has 0 aromatic carbocycles. The highest BCUT2D eigenvalue weighted by Crippen LogP contribution is 2.20. The zero-order chi connectivity index (χ0) is 11.6. The Morgan fingerprint density at radius 2 is 2.13 bits per heavy atom. The summed E-state index contributed by atoms with van der Waals surface area (Å²) in [6.07, 6.45) is 0. The number of rotatable bonds is 2. The first kappa shape index (κ1) is 11.4. The Balaban J connectivity index is 3.52. The van der Waals surface area contributed by atoms with Crippen LogP contribution < -0.4 is 0 Å². The first-order valence-corrected chi connectivity index (χ1v) is 5.67. The zero-order valence-electron chi connectivity index (χ0n) is 6.92. The van der Waals surface area contributed by atoms with Crippen molar-refractivity contribution in [3.05, 3.63) is 27.9 Å². The number of hydrogen-bond donors (Lipinski definition) is 0. The highest BCUT2D eigenvalue weighted by atomic mass is 35.7. The third-order valence-corrected chi connectivity index (χ3v) is 2.70. The first-order valence-electron chi connectivity index (χ1n) is 3.36. The molecule has 0 fully saturated rings. The molecule has 0 aliphatic carbocycles. The Labute approximate surface area is 88.5 Å². The quantitative estimate of drug-likeness (QED) is 0.433. The smallest absolute Gasteiger partial charge is 0.358 e. The number of nitro groups is 1. The lowest BCUT2D eigenvalue weighted by atomic mass is 10.3. The molecule has 7 nitrogen and oxygen atoms in total. The van der Waals surface area contributed by atoms with Crippen LogP contribution in [0.1, 0.15) is 5.69 Å². The average molecular weight is 248 g/mol. The number of pyridine rings is 1. The molecule has 1 heterocycles. The normalized spacial score (nSPS) is 10.7. The summed E-state index contributed by atoms with van der Waals surface area (Å²) in [4.78, 5) is 12.2. The predicted octanol–water partition coefficient (Wildman–Crippen LogP) is 0.789. The van der Waals surface area contributed by atoms with E-state index in [-0.39, 0.29) is 5.69 Å². The molecule has 0 N–H and O–H groups in total. The zero-order valence-corrected chi connectivity index (χ0v) is 8.49. The van der Waals surface area contributed by atoms with Gasteiger partial charge in [-0.05, 0) is 9.91 Å². The molecule has 0 unspecified atom stereocenters. The van der Waals surface area contributed by atoms with Crippen molar-refractivity contribution < 1.29 is 13.3 Å². The fourth-order valence-corrected chi connectivity index (χ4v) is 1.55. The molecule has 0 aliphatic rings. The lowest BCUT2D eigenvalue weighted by Gasteiger charge is -1.95. The van der Waals surface area contributed by atoms with Crippen LogP contribution in [-0.4, -0.2) is 18.3 Å². The molecule has 0 atom stereocenters. The van der Waals surface area contributed by atoms with Gasteiger partial charge in [-0.15, -0.1) is 0 Å². The molecule has 0 aliphatic heterocycles. The molecule has 0 amide bonds. The summed E-state index contributed by atoms with van der Waals surface area (Å²) in [5.41, 5.74) is -0.386. The molecule has 78 valence electrons. The summed E-state index contributed by atoms with van der Waals surface area (Å²) in [6.45, 7) is 0. The van der Waals surface area contributed by atoms with Crippen LogP contribution in [0, 0.1) is 21.4 Å². The van der Waals surface area contributed by atoms with Gasteiger partial charge < -0.3 is 10.1 Å². The third kappa shape index (κ3) is 2.61. The van der Waals surface area contributed by atoms with Gasteiger partial charge in [-0.25, -0.2) is 8.42 Å². The number of hydrogen-bond acceptors (Lipinski definition) is 6. The standard InChI is InChI=1S/C6H2ClN3O4S/c7-15(13,14)5-1-4(3-8)9-6(2-5)10(11)12/h1-2H. The minimum atomic E-state index is -4.11. The minimum Gasteiger partial charge on any atom is -0.358 e. The second kappa shape index (κ2) is 3.80. The van der Waals surface area contributed by atoms with Crippen LogP contribution in [0.3, 0.4) is 0 Å². The van der Waals surface area contributed by atoms with Crippen LogP contribution in [0.5, 0.6) is 0 Å². The highest BCUT2D eigenvalue weighted by molar-refractivity contribution is 8.13. The van der Waals surface area contributed by atoms with E-state index in [0.717, 1.165) is 6.07 Å². The Hall–Kier alpha value is -1.72. The molecule has 9 heteroatoms. The van der Waals surface area contributed by atoms with Crippen molar-refractivity contribution in [3.63, 3.8) is 0 Å². The summed E-state index contributed by atoms with van der Waals surface area (Å²) in [5.74, 6) is -0.742. The largest absolute Gasteiger partial charge is 0.366 e. The van der Waals surface area contributed by atoms with Gasteiger partial charge in [0.2, 0.25) is 0 Å². The molecule has 1 aromatic rings. The van der Waals surface area contributed by atoms with Gasteiger partial charge in [-0.3, -0.25) is 0 Å². The van der Waals surface area contributed by atoms with E-state index < -0.39 is 24.7 Å². The number of halogens is 1. The Morgan fingerprint density at radius 1 is 1.53 bits per heavy atom. The van der Waals surface area contributed by atoms with Crippen molar-refractivity contribution in [2.24, 2.45) is 0 Å². The maximum atomic E-state index is 10.9. The Kier molecular flexibility index (Phi) is 2.88. The maximum Gasteiger partial charge on any atom is 0.366 e. The van der Waals surface area contributed by atoms with E-state index in [0.29, 0.717) is 6.07 Å². The second-order valence-corrected chi connectivity index (χ2v) is 4.92. The molecular formula is C6H2ClN3O4S. The average Bonchev–Trinajstić information content (AvgIpc) is 2.15. The summed E-state index contributed by atoms with van der Waals surface area (Å²) in [5, 5.41) is 18.8. The van der Waals surface area contributed by atoms with E-state index in [1.54, 1.807) is 0 Å². The molecule has 0 saturated carbocycles. The molecule has 15 heavy (non-hydrogen) atoms. The van der Waals surface area contributed by atoms with Crippen LogP contribution >= 0.6 is 10.7 Å². The SMILES string of the molecule is N#Cc1cc(S(=O)(=O)Cl)cc([N+](=O)[O-])n1. The predicted molar refractivity (Wildman–Crippen MR) is 48.6 cm³/mol. The first-order chi connectivity index (χ1) is 6.84. The Bertz CT molecular complexity index is 562. The van der Waals surface area contributed by atoms with Gasteiger partial charge in [-0.2, -0.15) is 5.26 Å². The van der Waals surface area contributed by atoms with E-state index >= 15 is 0 Å². The minimum absolute atomic E-state index is 0.386. The number of nitriles is 1. The molecule has 0 radical (unpaired) electrons. The van der Waals surface area contributed by atoms with Gasteiger partial charge in [0.15, 0.2) is 0 Å². The third-order valence-electron chi connectivity index (χ3n) is 1.37. The number of nitrogens with zero attached hydrogens (tertiary/aromatic N) is 3. The molecule has 0 spiro atoms. The lowest BCUT2D eigenvalue weighted by Crippen LogP contribution is -1.99. The Morgan fingerprint density at radius 3 is 2.53 bits per heavy atom. The summed E-state index contributed by atoms with van der Waals surface area (Å²) < 4.78 is 21.8. The van der Waals surface area contributed by atoms with Gasteiger partial charge in [0.25, 0.3) is 14.7 Å². The number of aromatic nitrogens is 1. The van der Waals surface area contributed by atoms with E-state index in [2.05, 4.69) is 4.98 Å². The second-order valence-electron chi connectivity index (χ2n) is 2.35. The van der Waals surface area contributed by atoms with Crippen molar-refractivity contribution in [1.29, 1.82) is 5.26 Å². The monoisotopic (exact) mass is 247 g/mol. The van der Waals surface area contributed by atoms with Crippen molar-refractivity contribution in [3.8, 4) is 6.07 Å². The van der Waals surface area contributed by atoms with Gasteiger partial charge in [0.1, 0.15) is 6.07 Å². The molecule has 0 bridgehead atoms. The van der Waals surface area contributed by atoms with E-state index in [9.17, 15) is 18.5 Å². The summed E-state index contributed by atoms with van der Waals surface area (Å²) >= 11 is 0. The van der Waals surface area contributed by atoms with Gasteiger partial charge >= 0.3 is 5.82 Å². The maximum absolute atomic E-state index is 10.9. The highest BCUT2D eigenvalue weighted by Gasteiger charge is 2.19. The van der Waals surface area contributed by atoms with Crippen LogP contribution in [-0.2, 0) is 9.05 Å². The summed E-state index contributed by atoms with van der Waals surface area (Å²) in [7, 11) is 0.862. The van der Waals surface area contributed by atoms with Crippen molar-refractivity contribution in [1.82, 2.24) is 4.98 Å². The van der Waals surface area contributed by atoms with Crippen molar-refractivity contribution in [2.45, 2.75) is 4.90 Å². The van der Waals surface area contributed by atoms with Crippen LogP contribution in [0.4, 0.5) is 5.82 Å². The van der Waals surface area contributed by atoms with Gasteiger partial charge in [-0.1, -0.05) is 0 Å². The topological polar surface area (TPSA) is 114 Å². The van der Waals surface area contributed by atoms with E-state index in [4.69, 9.17) is 15.9 Å². The molecule has 1 rings (SSSR count). The fourth-order valence-electron chi connectivity index (χ4n) is 0.783. The van der Waals surface area contributed by atoms with E-state index in [1.165, 1.54) is 6.07 Å². The van der Waals surface area contributed by atoms with Crippen molar-refractivity contribution >= 4 is 25.6 Å².